The van der Waals surface area contributed by atoms with Crippen LogP contribution in [0, 0.1) is 20.8 Å². The minimum absolute atomic E-state index is 0.0580. The van der Waals surface area contributed by atoms with Crippen molar-refractivity contribution in [3.05, 3.63) is 64.4 Å². The number of rotatable bonds is 6. The molecule has 142 valence electrons. The number of H-pyrrole nitrogens is 1. The van der Waals surface area contributed by atoms with Gasteiger partial charge in [-0.3, -0.25) is 14.5 Å². The highest BCUT2D eigenvalue weighted by molar-refractivity contribution is 7.99. The summed E-state index contributed by atoms with van der Waals surface area (Å²) in [5.74, 6) is 1.05. The first-order chi connectivity index (χ1) is 13.5. The predicted octanol–water partition coefficient (Wildman–Crippen LogP) is 4.62. The molecule has 3 aromatic heterocycles. The summed E-state index contributed by atoms with van der Waals surface area (Å²) in [4.78, 5) is 21.6. The van der Waals surface area contributed by atoms with Gasteiger partial charge in [0.15, 0.2) is 16.7 Å². The second-order valence-corrected chi connectivity index (χ2v) is 8.29. The fourth-order valence-corrected chi connectivity index (χ4v) is 4.46. The van der Waals surface area contributed by atoms with Crippen molar-refractivity contribution in [2.75, 3.05) is 5.75 Å². The van der Waals surface area contributed by atoms with E-state index in [0.29, 0.717) is 11.0 Å². The van der Waals surface area contributed by atoms with Gasteiger partial charge in [0.1, 0.15) is 0 Å². The number of aryl methyl sites for hydroxylation is 2. The highest BCUT2D eigenvalue weighted by atomic mass is 32.2. The zero-order valence-corrected chi connectivity index (χ0v) is 17.4. The van der Waals surface area contributed by atoms with Crippen LogP contribution in [0.15, 0.2) is 47.1 Å². The minimum atomic E-state index is 0.0580. The maximum absolute atomic E-state index is 12.8. The SMILES string of the molecule is Cc1ccc(-c2nc(SCC(=O)c3cc(C)n(-c4nccs4)c3C)n[nH]2)cc1. The van der Waals surface area contributed by atoms with Crippen LogP contribution < -0.4 is 0 Å². The number of Topliss-reactive ketones (excluding diaryl/α,β-unsaturated/α-hetero) is 1. The average molecular weight is 410 g/mol. The molecular weight excluding hydrogens is 390 g/mol. The van der Waals surface area contributed by atoms with Crippen LogP contribution in [0.25, 0.3) is 16.5 Å². The Morgan fingerprint density at radius 3 is 2.71 bits per heavy atom. The van der Waals surface area contributed by atoms with Gasteiger partial charge in [0, 0.05) is 34.1 Å². The van der Waals surface area contributed by atoms with Gasteiger partial charge in [-0.1, -0.05) is 41.6 Å². The summed E-state index contributed by atoms with van der Waals surface area (Å²) in [7, 11) is 0. The number of aromatic nitrogens is 5. The number of thioether (sulfide) groups is 1. The Balaban J connectivity index is 1.47. The van der Waals surface area contributed by atoms with Gasteiger partial charge in [-0.25, -0.2) is 9.97 Å². The summed E-state index contributed by atoms with van der Waals surface area (Å²) in [6, 6.07) is 10.00. The van der Waals surface area contributed by atoms with Crippen LogP contribution in [-0.2, 0) is 0 Å². The summed E-state index contributed by atoms with van der Waals surface area (Å²) in [6.07, 6.45) is 1.77. The number of benzene rings is 1. The third-order valence-corrected chi connectivity index (χ3v) is 6.07. The van der Waals surface area contributed by atoms with Crippen molar-refractivity contribution in [3.63, 3.8) is 0 Å². The summed E-state index contributed by atoms with van der Waals surface area (Å²) in [5.41, 5.74) is 4.80. The Labute approximate surface area is 171 Å². The number of carbonyl (C=O) groups is 1. The summed E-state index contributed by atoms with van der Waals surface area (Å²) < 4.78 is 2.02. The molecule has 6 nitrogen and oxygen atoms in total. The van der Waals surface area contributed by atoms with Gasteiger partial charge in [-0.15, -0.1) is 16.4 Å². The third kappa shape index (κ3) is 3.65. The van der Waals surface area contributed by atoms with Crippen molar-refractivity contribution < 1.29 is 4.79 Å². The van der Waals surface area contributed by atoms with Crippen molar-refractivity contribution in [1.29, 1.82) is 0 Å². The van der Waals surface area contributed by atoms with Gasteiger partial charge in [0.05, 0.1) is 5.75 Å². The lowest BCUT2D eigenvalue weighted by Gasteiger charge is -2.05. The number of nitrogens with one attached hydrogen (secondary N) is 1. The molecule has 0 amide bonds. The topological polar surface area (TPSA) is 76.5 Å². The Morgan fingerprint density at radius 1 is 1.21 bits per heavy atom. The monoisotopic (exact) mass is 409 g/mol. The van der Waals surface area contributed by atoms with Gasteiger partial charge in [-0.05, 0) is 26.8 Å². The number of hydrogen-bond donors (Lipinski definition) is 1. The van der Waals surface area contributed by atoms with Crippen LogP contribution in [0.5, 0.6) is 0 Å². The van der Waals surface area contributed by atoms with Crippen molar-refractivity contribution in [1.82, 2.24) is 24.7 Å². The molecule has 0 bridgehead atoms. The zero-order valence-electron chi connectivity index (χ0n) is 15.8. The van der Waals surface area contributed by atoms with E-state index in [2.05, 4.69) is 20.2 Å². The van der Waals surface area contributed by atoms with Gasteiger partial charge >= 0.3 is 0 Å². The van der Waals surface area contributed by atoms with Crippen molar-refractivity contribution in [3.8, 4) is 16.5 Å². The molecule has 4 rings (SSSR count). The van der Waals surface area contributed by atoms with E-state index in [1.54, 1.807) is 17.5 Å². The molecule has 0 fully saturated rings. The number of nitrogens with zero attached hydrogens (tertiary/aromatic N) is 4. The zero-order chi connectivity index (χ0) is 19.7. The van der Waals surface area contributed by atoms with Crippen molar-refractivity contribution >= 4 is 28.9 Å². The van der Waals surface area contributed by atoms with Gasteiger partial charge < -0.3 is 0 Å². The number of aromatic amines is 1. The highest BCUT2D eigenvalue weighted by Gasteiger charge is 2.18. The summed E-state index contributed by atoms with van der Waals surface area (Å²) >= 11 is 2.89. The van der Waals surface area contributed by atoms with E-state index in [0.717, 1.165) is 27.6 Å². The van der Waals surface area contributed by atoms with Crippen LogP contribution in [0.2, 0.25) is 0 Å². The number of carbonyl (C=O) groups excluding carboxylic acids is 1. The minimum Gasteiger partial charge on any atom is -0.294 e. The van der Waals surface area contributed by atoms with E-state index in [4.69, 9.17) is 0 Å². The van der Waals surface area contributed by atoms with E-state index in [9.17, 15) is 4.79 Å². The Morgan fingerprint density at radius 2 is 2.00 bits per heavy atom. The van der Waals surface area contributed by atoms with Gasteiger partial charge in [-0.2, -0.15) is 0 Å². The van der Waals surface area contributed by atoms with Gasteiger partial charge in [0.25, 0.3) is 0 Å². The maximum atomic E-state index is 12.8. The molecule has 4 aromatic rings. The van der Waals surface area contributed by atoms with Crippen LogP contribution >= 0.6 is 23.1 Å². The third-order valence-electron chi connectivity index (χ3n) is 4.46. The standard InChI is InChI=1S/C20H19N5OS2/c1-12-4-6-15(7-5-12)18-22-19(24-23-18)28-11-17(26)16-10-13(2)25(14(16)3)20-21-8-9-27-20/h4-10H,11H2,1-3H3,(H,22,23,24). The lowest BCUT2D eigenvalue weighted by molar-refractivity contribution is 0.102. The highest BCUT2D eigenvalue weighted by Crippen LogP contribution is 2.25. The summed E-state index contributed by atoms with van der Waals surface area (Å²) in [5, 5.41) is 10.5. The Kier molecular flexibility index (Phi) is 5.15. The smallest absolute Gasteiger partial charge is 0.209 e. The van der Waals surface area contributed by atoms with E-state index in [1.807, 2.05) is 61.1 Å². The van der Waals surface area contributed by atoms with E-state index in [-0.39, 0.29) is 11.5 Å². The molecule has 0 radical (unpaired) electrons. The molecule has 0 saturated carbocycles. The van der Waals surface area contributed by atoms with E-state index in [1.165, 1.54) is 17.3 Å². The molecule has 0 atom stereocenters. The molecule has 0 saturated heterocycles. The molecule has 0 aliphatic carbocycles. The Hall–Kier alpha value is -2.71. The van der Waals surface area contributed by atoms with Crippen LogP contribution in [0.4, 0.5) is 0 Å². The van der Waals surface area contributed by atoms with Crippen LogP contribution in [0.1, 0.15) is 27.3 Å². The largest absolute Gasteiger partial charge is 0.294 e. The second-order valence-electron chi connectivity index (χ2n) is 6.48. The molecule has 8 heteroatoms. The van der Waals surface area contributed by atoms with Crippen molar-refractivity contribution in [2.24, 2.45) is 0 Å². The van der Waals surface area contributed by atoms with Crippen molar-refractivity contribution in [2.45, 2.75) is 25.9 Å². The molecule has 3 heterocycles. The summed E-state index contributed by atoms with van der Waals surface area (Å²) in [6.45, 7) is 5.98. The molecule has 1 N–H and O–H groups in total. The van der Waals surface area contributed by atoms with E-state index < -0.39 is 0 Å². The average Bonchev–Trinajstić information content (AvgIpc) is 3.41. The molecule has 0 unspecified atom stereocenters. The molecule has 0 aliphatic heterocycles. The number of hydrogen-bond acceptors (Lipinski definition) is 6. The molecule has 0 aliphatic rings. The first-order valence-corrected chi connectivity index (χ1v) is 10.6. The maximum Gasteiger partial charge on any atom is 0.209 e. The predicted molar refractivity (Wildman–Crippen MR) is 113 cm³/mol. The second kappa shape index (κ2) is 7.73. The quantitative estimate of drug-likeness (QED) is 0.371. The fraction of sp³-hybridized carbons (Fsp3) is 0.200. The van der Waals surface area contributed by atoms with Gasteiger partial charge in [0.2, 0.25) is 5.16 Å². The van der Waals surface area contributed by atoms with E-state index >= 15 is 0 Å². The molecular formula is C20H19N5OS2. The first-order valence-electron chi connectivity index (χ1n) is 8.77. The van der Waals surface area contributed by atoms with Crippen LogP contribution in [-0.4, -0.2) is 36.3 Å². The number of ketones is 1. The lowest BCUT2D eigenvalue weighted by Crippen LogP contribution is -2.05. The molecule has 28 heavy (non-hydrogen) atoms. The lowest BCUT2D eigenvalue weighted by atomic mass is 10.1. The number of thiazole rings is 1. The fourth-order valence-electron chi connectivity index (χ4n) is 3.03. The first kappa shape index (κ1) is 18.6. The molecule has 1 aromatic carbocycles. The normalized spacial score (nSPS) is 11.1. The molecule has 0 spiro atoms. The van der Waals surface area contributed by atoms with Crippen LogP contribution in [0.3, 0.4) is 0 Å². The Bertz CT molecular complexity index is 1110.